The number of hydrogen-bond acceptors (Lipinski definition) is 0. The van der Waals surface area contributed by atoms with Crippen molar-refractivity contribution in [2.45, 2.75) is 10.2 Å². The second-order valence-corrected chi connectivity index (χ2v) is 3.23. The van der Waals surface area contributed by atoms with E-state index in [9.17, 15) is 9.50 Å². The van der Waals surface area contributed by atoms with Gasteiger partial charge < -0.3 is 0 Å². The van der Waals surface area contributed by atoms with Crippen molar-refractivity contribution in [3.8, 4) is 0 Å². The molecule has 0 aliphatic rings. The van der Waals surface area contributed by atoms with Gasteiger partial charge in [0.15, 0.2) is 0 Å². The van der Waals surface area contributed by atoms with Crippen molar-refractivity contribution in [1.82, 2.24) is 0 Å². The molecule has 0 rings (SSSR count). The molecule has 43 valence electrons. The molecule has 1 nitrogen and oxygen atoms in total. The second-order valence-electron chi connectivity index (χ2n) is 0.858. The highest BCUT2D eigenvalue weighted by Crippen LogP contribution is 2.30. The largest absolute Gasteiger partial charge is 0.277 e. The molecule has 0 saturated carbocycles. The van der Waals surface area contributed by atoms with Crippen LogP contribution in [0, 0.1) is 0 Å². The minimum absolute atomic E-state index is 2.31. The lowest BCUT2D eigenvalue weighted by atomic mass is 10.8. The van der Waals surface area contributed by atoms with Crippen LogP contribution in [0.25, 0.3) is 0 Å². The van der Waals surface area contributed by atoms with Crippen LogP contribution in [0.5, 0.6) is 0 Å². The highest BCUT2D eigenvalue weighted by Gasteiger charge is 2.31. The summed E-state index contributed by atoms with van der Waals surface area (Å²) in [6.07, 6.45) is -2.66. The minimum atomic E-state index is -2.66. The first-order chi connectivity index (χ1) is 2.94. The molecule has 1 unspecified atom stereocenters. The van der Waals surface area contributed by atoms with Gasteiger partial charge in [-0.25, -0.2) is 4.39 Å². The molecule has 0 aliphatic carbocycles. The molecule has 7 heavy (non-hydrogen) atoms. The van der Waals surface area contributed by atoms with Crippen LogP contribution in [0.3, 0.4) is 0 Å². The zero-order valence-electron chi connectivity index (χ0n) is 3.00. The normalized spacial score (nSPS) is 16.7. The topological polar surface area (TPSA) is 19.9 Å². The molecule has 0 aliphatic heterocycles. The van der Waals surface area contributed by atoms with Gasteiger partial charge in [0.1, 0.15) is 0 Å². The lowest BCUT2D eigenvalue weighted by Gasteiger charge is -2.06. The Hall–Kier alpha value is 0.760. The van der Waals surface area contributed by atoms with E-state index in [1.54, 1.807) is 0 Å². The van der Waals surface area contributed by atoms with Gasteiger partial charge in [-0.3, -0.25) is 0 Å². The Morgan fingerprint density at radius 3 is 1.57 bits per heavy atom. The lowest BCUT2D eigenvalue weighted by Crippen LogP contribution is -2.17. The van der Waals surface area contributed by atoms with Crippen LogP contribution in [0.4, 0.5) is 4.39 Å². The molecule has 0 fully saturated rings. The summed E-state index contributed by atoms with van der Waals surface area (Å²) in [6.45, 7) is 0. The lowest BCUT2D eigenvalue weighted by molar-refractivity contribution is -0.0183. The van der Waals surface area contributed by atoms with E-state index in [0.29, 0.717) is 0 Å². The average molecular weight is 166 g/mol. The van der Waals surface area contributed by atoms with Crippen molar-refractivity contribution < 1.29 is 9.50 Å². The van der Waals surface area contributed by atoms with Crippen molar-refractivity contribution in [2.24, 2.45) is 0 Å². The Balaban J connectivity index is 3.54. The zero-order chi connectivity index (χ0) is 6.08. The molecule has 0 aromatic rings. The van der Waals surface area contributed by atoms with Gasteiger partial charge in [-0.05, 0) is 0 Å². The van der Waals surface area contributed by atoms with Crippen LogP contribution in [0.15, 0.2) is 0 Å². The fourth-order valence-electron chi connectivity index (χ4n) is 0. The first-order valence-corrected chi connectivity index (χ1v) is 2.44. The van der Waals surface area contributed by atoms with Gasteiger partial charge in [-0.2, -0.15) is 5.11 Å². The van der Waals surface area contributed by atoms with E-state index < -0.39 is 10.2 Å². The molecule has 0 heterocycles. The highest BCUT2D eigenvalue weighted by atomic mass is 35.6. The monoisotopic (exact) mass is 165 g/mol. The summed E-state index contributed by atoms with van der Waals surface area (Å²) in [5.41, 5.74) is 0. The van der Waals surface area contributed by atoms with Gasteiger partial charge in [0.25, 0.3) is 6.36 Å². The summed E-state index contributed by atoms with van der Waals surface area (Å²) in [4.78, 5) is 0. The van der Waals surface area contributed by atoms with Crippen LogP contribution >= 0.6 is 34.8 Å². The predicted octanol–water partition coefficient (Wildman–Crippen LogP) is 2.08. The Morgan fingerprint density at radius 1 is 1.43 bits per heavy atom. The van der Waals surface area contributed by atoms with E-state index in [-0.39, 0.29) is 0 Å². The van der Waals surface area contributed by atoms with E-state index in [1.165, 1.54) is 0 Å². The van der Waals surface area contributed by atoms with Gasteiger partial charge in [0, 0.05) is 0 Å². The van der Waals surface area contributed by atoms with Gasteiger partial charge >= 0.3 is 0 Å². The van der Waals surface area contributed by atoms with Crippen LogP contribution < -0.4 is 0 Å². The first-order valence-electron chi connectivity index (χ1n) is 1.31. The predicted molar refractivity (Wildman–Crippen MR) is 25.9 cm³/mol. The third-order valence-corrected chi connectivity index (χ3v) is 0.772. The van der Waals surface area contributed by atoms with Gasteiger partial charge in [0.05, 0.1) is 0 Å². The molecule has 1 atom stereocenters. The first kappa shape index (κ1) is 7.76. The third-order valence-electron chi connectivity index (χ3n) is 0.257. The number of alkyl halides is 4. The zero-order valence-corrected chi connectivity index (χ0v) is 5.27. The molecule has 0 amide bonds. The Labute approximate surface area is 55.0 Å². The molecular weight excluding hydrogens is 165 g/mol. The molecule has 0 spiro atoms. The smallest absolute Gasteiger partial charge is 0.208 e. The van der Waals surface area contributed by atoms with Crippen LogP contribution in [0.1, 0.15) is 0 Å². The Kier molecular flexibility index (Phi) is 2.61. The fraction of sp³-hybridized carbons (Fsp3) is 1.00. The molecule has 0 aromatic carbocycles. The van der Waals surface area contributed by atoms with Crippen molar-refractivity contribution in [2.75, 3.05) is 0 Å². The molecule has 0 aromatic heterocycles. The standard InChI is InChI=1S/C2HCl3FO/c3-2(4,5)1(6)7/h1H. The van der Waals surface area contributed by atoms with E-state index >= 15 is 0 Å². The highest BCUT2D eigenvalue weighted by molar-refractivity contribution is 6.67. The summed E-state index contributed by atoms with van der Waals surface area (Å²) >= 11 is 14.1. The Bertz CT molecular complexity index is 58.4. The van der Waals surface area contributed by atoms with Crippen molar-refractivity contribution >= 4 is 34.8 Å². The summed E-state index contributed by atoms with van der Waals surface area (Å²) < 4.78 is 8.95. The third kappa shape index (κ3) is 3.35. The maximum atomic E-state index is 11.3. The van der Waals surface area contributed by atoms with E-state index in [2.05, 4.69) is 0 Å². The molecule has 0 bridgehead atoms. The summed E-state index contributed by atoms with van der Waals surface area (Å²) in [5.74, 6) is 0. The van der Waals surface area contributed by atoms with Crippen LogP contribution in [-0.4, -0.2) is 10.2 Å². The molecule has 1 radical (unpaired) electrons. The second kappa shape index (κ2) is 2.35. The number of hydrogen-bond donors (Lipinski definition) is 0. The maximum absolute atomic E-state index is 11.3. The van der Waals surface area contributed by atoms with Crippen LogP contribution in [0.2, 0.25) is 0 Å². The summed E-state index contributed by atoms with van der Waals surface area (Å²) in [7, 11) is 0. The van der Waals surface area contributed by atoms with E-state index in [1.807, 2.05) is 0 Å². The molecular formula is C2HCl3FO. The van der Waals surface area contributed by atoms with Crippen molar-refractivity contribution in [1.29, 1.82) is 0 Å². The summed E-state index contributed by atoms with van der Waals surface area (Å²) in [6, 6.07) is 0. The molecule has 5 heteroatoms. The fourth-order valence-corrected chi connectivity index (χ4v) is 0. The van der Waals surface area contributed by atoms with Gasteiger partial charge in [0.2, 0.25) is 3.79 Å². The number of rotatable bonds is 0. The minimum Gasteiger partial charge on any atom is -0.208 e. The van der Waals surface area contributed by atoms with Crippen molar-refractivity contribution in [3.63, 3.8) is 0 Å². The average Bonchev–Trinajstić information content (AvgIpc) is 1.31. The van der Waals surface area contributed by atoms with E-state index in [0.717, 1.165) is 0 Å². The Morgan fingerprint density at radius 2 is 1.57 bits per heavy atom. The SMILES string of the molecule is [O]C(F)C(Cl)(Cl)Cl. The quantitative estimate of drug-likeness (QED) is 0.491. The maximum Gasteiger partial charge on any atom is 0.277 e. The molecule has 0 saturated heterocycles. The van der Waals surface area contributed by atoms with Gasteiger partial charge in [-0.1, -0.05) is 34.8 Å². The van der Waals surface area contributed by atoms with Gasteiger partial charge in [-0.15, -0.1) is 0 Å². The molecule has 0 N–H and O–H groups in total. The number of halogens is 4. The van der Waals surface area contributed by atoms with Crippen LogP contribution in [-0.2, 0) is 5.11 Å². The van der Waals surface area contributed by atoms with Crippen molar-refractivity contribution in [3.05, 3.63) is 0 Å². The van der Waals surface area contributed by atoms with E-state index in [4.69, 9.17) is 34.8 Å². The summed E-state index contributed by atoms with van der Waals surface area (Å²) in [5, 5.41) is 9.49.